The van der Waals surface area contributed by atoms with E-state index in [4.69, 9.17) is 16.3 Å². The van der Waals surface area contributed by atoms with Gasteiger partial charge in [-0.15, -0.1) is 0 Å². The van der Waals surface area contributed by atoms with Crippen molar-refractivity contribution in [3.63, 3.8) is 0 Å². The summed E-state index contributed by atoms with van der Waals surface area (Å²) in [7, 11) is 0. The molecule has 0 bridgehead atoms. The predicted molar refractivity (Wildman–Crippen MR) is 123 cm³/mol. The Morgan fingerprint density at radius 1 is 1.09 bits per heavy atom. The molecule has 4 nitrogen and oxygen atoms in total. The third kappa shape index (κ3) is 5.05. The number of hydrazone groups is 1. The molecule has 0 N–H and O–H groups in total. The van der Waals surface area contributed by atoms with Gasteiger partial charge in [0, 0.05) is 31.8 Å². The van der Waals surface area contributed by atoms with Crippen molar-refractivity contribution >= 4 is 28.7 Å². The summed E-state index contributed by atoms with van der Waals surface area (Å²) in [4.78, 5) is 2.05. The molecule has 0 spiro atoms. The first-order chi connectivity index (χ1) is 15.7. The Morgan fingerprint density at radius 2 is 1.76 bits per heavy atom. The Kier molecular flexibility index (Phi) is 6.75. The molecule has 0 aliphatic carbocycles. The summed E-state index contributed by atoms with van der Waals surface area (Å²) in [5.74, 6) is -0.360. The average Bonchev–Trinajstić information content (AvgIpc) is 3.13. The first kappa shape index (κ1) is 23.7. The Bertz CT molecular complexity index is 1000. The average molecular weight is 484 g/mol. The largest absolute Gasteiger partial charge is 0.490 e. The summed E-state index contributed by atoms with van der Waals surface area (Å²) in [6.07, 6.45) is -2.40. The van der Waals surface area contributed by atoms with Crippen LogP contribution in [0.25, 0.3) is 0 Å². The lowest BCUT2D eigenvalue weighted by Gasteiger charge is -2.34. The number of benzene rings is 2. The van der Waals surface area contributed by atoms with Crippen LogP contribution >= 0.6 is 11.6 Å². The van der Waals surface area contributed by atoms with Gasteiger partial charge in [-0.2, -0.15) is 18.3 Å². The molecular weight excluding hydrogens is 458 g/mol. The van der Waals surface area contributed by atoms with Crippen molar-refractivity contribution in [3.05, 3.63) is 53.3 Å². The van der Waals surface area contributed by atoms with Crippen LogP contribution in [0.3, 0.4) is 0 Å². The van der Waals surface area contributed by atoms with Gasteiger partial charge in [0.1, 0.15) is 23.4 Å². The maximum Gasteiger partial charge on any atom is 0.431 e. The van der Waals surface area contributed by atoms with Crippen molar-refractivity contribution in [3.8, 4) is 5.75 Å². The highest BCUT2D eigenvalue weighted by Crippen LogP contribution is 2.37. The van der Waals surface area contributed by atoms with Gasteiger partial charge in [-0.05, 0) is 48.9 Å². The van der Waals surface area contributed by atoms with E-state index in [-0.39, 0.29) is 18.0 Å². The molecule has 1 fully saturated rings. The summed E-state index contributed by atoms with van der Waals surface area (Å²) in [5.41, 5.74) is 0.555. The first-order valence-corrected chi connectivity index (χ1v) is 11.5. The number of ether oxygens (including phenoxy) is 1. The Labute approximate surface area is 195 Å². The Morgan fingerprint density at radius 3 is 2.36 bits per heavy atom. The van der Waals surface area contributed by atoms with E-state index < -0.39 is 17.8 Å². The van der Waals surface area contributed by atoms with Gasteiger partial charge in [0.25, 0.3) is 0 Å². The monoisotopic (exact) mass is 483 g/mol. The van der Waals surface area contributed by atoms with Crippen molar-refractivity contribution < 1.29 is 22.3 Å². The zero-order chi connectivity index (χ0) is 23.8. The molecule has 2 aliphatic rings. The van der Waals surface area contributed by atoms with Crippen molar-refractivity contribution in [1.82, 2.24) is 0 Å². The number of nitrogens with zero attached hydrogens (tertiary/aromatic N) is 3. The van der Waals surface area contributed by atoms with E-state index in [1.165, 1.54) is 17.1 Å². The quantitative estimate of drug-likeness (QED) is 0.444. The standard InChI is InChI=1S/C24H26ClF4N3O/c1-3-21-15(2)23(24(27,28)29)30-32(21)17-5-7-18(8-6-17)33-19-10-12-31(13-11-19)22-14-16(26)4-9-20(22)25/h4-9,14-15,19,21H,3,10-13H2,1-2H3/t15?,21-/m0/s1. The van der Waals surface area contributed by atoms with E-state index >= 15 is 0 Å². The van der Waals surface area contributed by atoms with Crippen LogP contribution < -0.4 is 14.6 Å². The fourth-order valence-corrected chi connectivity index (χ4v) is 4.82. The van der Waals surface area contributed by atoms with Gasteiger partial charge in [0.05, 0.1) is 22.4 Å². The highest BCUT2D eigenvalue weighted by atomic mass is 35.5. The minimum atomic E-state index is -4.44. The number of hydrogen-bond donors (Lipinski definition) is 0. The molecule has 33 heavy (non-hydrogen) atoms. The lowest BCUT2D eigenvalue weighted by molar-refractivity contribution is -0.0620. The maximum absolute atomic E-state index is 13.6. The number of halogens is 5. The molecule has 0 saturated carbocycles. The summed E-state index contributed by atoms with van der Waals surface area (Å²) in [6, 6.07) is 11.0. The van der Waals surface area contributed by atoms with Gasteiger partial charge in [0.15, 0.2) is 0 Å². The molecule has 0 radical (unpaired) electrons. The first-order valence-electron chi connectivity index (χ1n) is 11.1. The number of anilines is 2. The second-order valence-corrected chi connectivity index (χ2v) is 8.89. The highest BCUT2D eigenvalue weighted by Gasteiger charge is 2.47. The molecular formula is C24H26ClF4N3O. The summed E-state index contributed by atoms with van der Waals surface area (Å²) in [6.45, 7) is 4.81. The van der Waals surface area contributed by atoms with Crippen LogP contribution in [0.15, 0.2) is 47.6 Å². The van der Waals surface area contributed by atoms with E-state index in [2.05, 4.69) is 5.10 Å². The smallest absolute Gasteiger partial charge is 0.431 e. The van der Waals surface area contributed by atoms with Crippen LogP contribution in [0.5, 0.6) is 5.75 Å². The molecule has 1 unspecified atom stereocenters. The minimum Gasteiger partial charge on any atom is -0.490 e. The molecule has 2 aromatic rings. The van der Waals surface area contributed by atoms with Crippen molar-refractivity contribution in [2.75, 3.05) is 23.0 Å². The molecule has 0 aromatic heterocycles. The van der Waals surface area contributed by atoms with Gasteiger partial charge >= 0.3 is 6.18 Å². The normalized spacial score (nSPS) is 22.0. The lowest BCUT2D eigenvalue weighted by Crippen LogP contribution is -2.38. The molecule has 2 aromatic carbocycles. The minimum absolute atomic E-state index is 0.00973. The summed E-state index contributed by atoms with van der Waals surface area (Å²) in [5, 5.41) is 5.89. The molecule has 4 rings (SSSR count). The fourth-order valence-electron chi connectivity index (χ4n) is 4.58. The van der Waals surface area contributed by atoms with Gasteiger partial charge in [-0.3, -0.25) is 5.01 Å². The fraction of sp³-hybridized carbons (Fsp3) is 0.458. The zero-order valence-corrected chi connectivity index (χ0v) is 19.2. The third-order valence-corrected chi connectivity index (χ3v) is 6.66. The summed E-state index contributed by atoms with van der Waals surface area (Å²) < 4.78 is 59.6. The highest BCUT2D eigenvalue weighted by molar-refractivity contribution is 6.33. The van der Waals surface area contributed by atoms with Crippen LogP contribution in [-0.2, 0) is 0 Å². The van der Waals surface area contributed by atoms with E-state index in [0.717, 1.165) is 12.8 Å². The topological polar surface area (TPSA) is 28.1 Å². The van der Waals surface area contributed by atoms with Crippen LogP contribution in [-0.4, -0.2) is 37.1 Å². The van der Waals surface area contributed by atoms with Crippen LogP contribution in [0, 0.1) is 11.7 Å². The molecule has 2 aliphatic heterocycles. The number of alkyl halides is 3. The van der Waals surface area contributed by atoms with E-state index in [0.29, 0.717) is 41.7 Å². The number of hydrogen-bond acceptors (Lipinski definition) is 4. The molecule has 2 atom stereocenters. The van der Waals surface area contributed by atoms with Gasteiger partial charge in [-0.25, -0.2) is 4.39 Å². The van der Waals surface area contributed by atoms with Crippen LogP contribution in [0.1, 0.15) is 33.1 Å². The Hall–Kier alpha value is -2.48. The SMILES string of the molecule is CC[C@H]1C(C)C(C(F)(F)F)=NN1c1ccc(OC2CCN(c3cc(F)ccc3Cl)CC2)cc1. The summed E-state index contributed by atoms with van der Waals surface area (Å²) >= 11 is 6.21. The number of piperidine rings is 1. The van der Waals surface area contributed by atoms with E-state index in [1.54, 1.807) is 37.3 Å². The van der Waals surface area contributed by atoms with Crippen molar-refractivity contribution in [2.24, 2.45) is 11.0 Å². The van der Waals surface area contributed by atoms with Gasteiger partial charge in [-0.1, -0.05) is 25.4 Å². The second-order valence-electron chi connectivity index (χ2n) is 8.49. The second kappa shape index (κ2) is 9.41. The van der Waals surface area contributed by atoms with Crippen molar-refractivity contribution in [2.45, 2.75) is 51.4 Å². The molecule has 178 valence electrons. The zero-order valence-electron chi connectivity index (χ0n) is 18.4. The maximum atomic E-state index is 13.6. The van der Waals surface area contributed by atoms with Crippen LogP contribution in [0.4, 0.5) is 28.9 Å². The van der Waals surface area contributed by atoms with Gasteiger partial charge < -0.3 is 9.64 Å². The van der Waals surface area contributed by atoms with Crippen molar-refractivity contribution in [1.29, 1.82) is 0 Å². The Balaban J connectivity index is 1.39. The lowest BCUT2D eigenvalue weighted by atomic mass is 9.95. The molecule has 1 saturated heterocycles. The van der Waals surface area contributed by atoms with Crippen LogP contribution in [0.2, 0.25) is 5.02 Å². The third-order valence-electron chi connectivity index (χ3n) is 6.34. The van der Waals surface area contributed by atoms with E-state index in [1.807, 2.05) is 11.8 Å². The molecule has 0 amide bonds. The molecule has 2 heterocycles. The predicted octanol–water partition coefficient (Wildman–Crippen LogP) is 6.68. The number of rotatable bonds is 5. The van der Waals surface area contributed by atoms with Gasteiger partial charge in [0.2, 0.25) is 0 Å². The van der Waals surface area contributed by atoms with E-state index in [9.17, 15) is 17.6 Å². The molecule has 9 heteroatoms.